The van der Waals surface area contributed by atoms with Crippen LogP contribution in [0.4, 0.5) is 0 Å². The summed E-state index contributed by atoms with van der Waals surface area (Å²) in [6.45, 7) is 2.65. The lowest BCUT2D eigenvalue weighted by Crippen LogP contribution is -2.26. The maximum absolute atomic E-state index is 12.3. The second-order valence-corrected chi connectivity index (χ2v) is 6.15. The highest BCUT2D eigenvalue weighted by Gasteiger charge is 2.13. The second-order valence-electron chi connectivity index (χ2n) is 4.98. The molecular weight excluding hydrogens is 310 g/mol. The van der Waals surface area contributed by atoms with E-state index in [2.05, 4.69) is 36.5 Å². The highest BCUT2D eigenvalue weighted by Crippen LogP contribution is 2.24. The van der Waals surface area contributed by atoms with E-state index >= 15 is 0 Å². The molecule has 2 aromatic rings. The van der Waals surface area contributed by atoms with Crippen LogP contribution in [0, 0.1) is 6.92 Å². The molecular formula is C18H21NO3S. The fraction of sp³-hybridized carbons (Fsp3) is 0.278. The molecule has 0 saturated carbocycles. The van der Waals surface area contributed by atoms with Crippen molar-refractivity contribution in [2.24, 2.45) is 0 Å². The summed E-state index contributed by atoms with van der Waals surface area (Å²) < 4.78 is 10.4. The molecule has 0 fully saturated rings. The van der Waals surface area contributed by atoms with Crippen molar-refractivity contribution in [2.75, 3.05) is 26.5 Å². The highest BCUT2D eigenvalue weighted by molar-refractivity contribution is 7.99. The zero-order valence-corrected chi connectivity index (χ0v) is 14.4. The summed E-state index contributed by atoms with van der Waals surface area (Å²) in [6.07, 6.45) is 0. The van der Waals surface area contributed by atoms with Crippen LogP contribution in [0.3, 0.4) is 0 Å². The third-order valence-corrected chi connectivity index (χ3v) is 4.34. The van der Waals surface area contributed by atoms with Gasteiger partial charge < -0.3 is 14.8 Å². The van der Waals surface area contributed by atoms with E-state index in [0.29, 0.717) is 23.6 Å². The van der Waals surface area contributed by atoms with Gasteiger partial charge in [-0.3, -0.25) is 4.79 Å². The molecule has 0 unspecified atom stereocenters. The Balaban J connectivity index is 1.88. The Bertz CT molecular complexity index is 656. The van der Waals surface area contributed by atoms with Gasteiger partial charge in [-0.1, -0.05) is 17.7 Å². The summed E-state index contributed by atoms with van der Waals surface area (Å²) >= 11 is 1.71. The van der Waals surface area contributed by atoms with E-state index in [-0.39, 0.29) is 5.91 Å². The molecule has 2 aromatic carbocycles. The largest absolute Gasteiger partial charge is 0.497 e. The molecule has 23 heavy (non-hydrogen) atoms. The topological polar surface area (TPSA) is 47.6 Å². The number of nitrogens with one attached hydrogen (secondary N) is 1. The number of rotatable bonds is 7. The maximum Gasteiger partial charge on any atom is 0.255 e. The number of methoxy groups -OCH3 is 2. The van der Waals surface area contributed by atoms with Crippen LogP contribution >= 0.6 is 11.8 Å². The van der Waals surface area contributed by atoms with Crippen molar-refractivity contribution in [2.45, 2.75) is 11.8 Å². The first-order valence-corrected chi connectivity index (χ1v) is 8.32. The summed E-state index contributed by atoms with van der Waals surface area (Å²) in [4.78, 5) is 13.5. The van der Waals surface area contributed by atoms with E-state index in [1.807, 2.05) is 0 Å². The zero-order valence-electron chi connectivity index (χ0n) is 13.6. The van der Waals surface area contributed by atoms with Gasteiger partial charge in [0.05, 0.1) is 19.8 Å². The first-order valence-electron chi connectivity index (χ1n) is 7.33. The Hall–Kier alpha value is -2.14. The quantitative estimate of drug-likeness (QED) is 0.623. The fourth-order valence-corrected chi connectivity index (χ4v) is 2.82. The molecule has 0 heterocycles. The SMILES string of the molecule is COc1ccc(OC)c(C(=O)NCCSc2ccc(C)cc2)c1. The zero-order chi connectivity index (χ0) is 16.7. The number of ether oxygens (including phenoxy) is 2. The van der Waals surface area contributed by atoms with E-state index in [1.54, 1.807) is 44.2 Å². The molecule has 0 saturated heterocycles. The van der Waals surface area contributed by atoms with Crippen molar-refractivity contribution in [1.82, 2.24) is 5.32 Å². The lowest BCUT2D eigenvalue weighted by atomic mass is 10.1. The van der Waals surface area contributed by atoms with Gasteiger partial charge in [-0.15, -0.1) is 11.8 Å². The molecule has 0 spiro atoms. The Morgan fingerprint density at radius 1 is 1.09 bits per heavy atom. The van der Waals surface area contributed by atoms with Gasteiger partial charge in [-0.25, -0.2) is 0 Å². The predicted molar refractivity (Wildman–Crippen MR) is 93.8 cm³/mol. The van der Waals surface area contributed by atoms with Gasteiger partial charge >= 0.3 is 0 Å². The van der Waals surface area contributed by atoms with Gasteiger partial charge in [0.25, 0.3) is 5.91 Å². The van der Waals surface area contributed by atoms with Crippen molar-refractivity contribution in [3.63, 3.8) is 0 Å². The van der Waals surface area contributed by atoms with E-state index in [0.717, 1.165) is 5.75 Å². The number of amides is 1. The summed E-state index contributed by atoms with van der Waals surface area (Å²) in [5, 5.41) is 2.91. The normalized spacial score (nSPS) is 10.2. The van der Waals surface area contributed by atoms with Crippen molar-refractivity contribution in [3.8, 4) is 11.5 Å². The molecule has 5 heteroatoms. The number of benzene rings is 2. The molecule has 1 N–H and O–H groups in total. The van der Waals surface area contributed by atoms with Gasteiger partial charge in [-0.2, -0.15) is 0 Å². The predicted octanol–water partition coefficient (Wildman–Crippen LogP) is 3.53. The van der Waals surface area contributed by atoms with E-state index in [1.165, 1.54) is 10.5 Å². The number of hydrogen-bond acceptors (Lipinski definition) is 4. The molecule has 0 bridgehead atoms. The first-order chi connectivity index (χ1) is 11.1. The number of carbonyl (C=O) groups is 1. The summed E-state index contributed by atoms with van der Waals surface area (Å²) in [5.74, 6) is 1.81. The van der Waals surface area contributed by atoms with Crippen molar-refractivity contribution in [3.05, 3.63) is 53.6 Å². The van der Waals surface area contributed by atoms with Crippen molar-refractivity contribution in [1.29, 1.82) is 0 Å². The fourth-order valence-electron chi connectivity index (χ4n) is 2.05. The lowest BCUT2D eigenvalue weighted by Gasteiger charge is -2.11. The van der Waals surface area contributed by atoms with E-state index < -0.39 is 0 Å². The Labute approximate surface area is 141 Å². The number of carbonyl (C=O) groups excluding carboxylic acids is 1. The van der Waals surface area contributed by atoms with Crippen LogP contribution < -0.4 is 14.8 Å². The summed E-state index contributed by atoms with van der Waals surface area (Å²) in [7, 11) is 3.12. The molecule has 2 rings (SSSR count). The minimum Gasteiger partial charge on any atom is -0.497 e. The molecule has 0 aliphatic heterocycles. The molecule has 4 nitrogen and oxygen atoms in total. The van der Waals surface area contributed by atoms with Crippen molar-refractivity contribution < 1.29 is 14.3 Å². The number of aryl methyl sites for hydroxylation is 1. The summed E-state index contributed by atoms with van der Waals surface area (Å²) in [5.41, 5.74) is 1.72. The maximum atomic E-state index is 12.3. The van der Waals surface area contributed by atoms with Crippen LogP contribution in [-0.2, 0) is 0 Å². The molecule has 1 amide bonds. The third-order valence-electron chi connectivity index (χ3n) is 3.33. The first kappa shape index (κ1) is 17.2. The molecule has 0 aliphatic rings. The minimum absolute atomic E-state index is 0.162. The smallest absolute Gasteiger partial charge is 0.255 e. The van der Waals surface area contributed by atoms with Gasteiger partial charge in [-0.05, 0) is 37.3 Å². The van der Waals surface area contributed by atoms with Crippen LogP contribution in [0.15, 0.2) is 47.4 Å². The molecule has 0 aromatic heterocycles. The second kappa shape index (κ2) is 8.48. The van der Waals surface area contributed by atoms with Crippen molar-refractivity contribution >= 4 is 17.7 Å². The minimum atomic E-state index is -0.162. The Kier molecular flexibility index (Phi) is 6.35. The Morgan fingerprint density at radius 2 is 1.83 bits per heavy atom. The van der Waals surface area contributed by atoms with Crippen LogP contribution in [-0.4, -0.2) is 32.4 Å². The van der Waals surface area contributed by atoms with Gasteiger partial charge in [0.15, 0.2) is 0 Å². The molecule has 0 aliphatic carbocycles. The molecule has 0 atom stereocenters. The van der Waals surface area contributed by atoms with Crippen LogP contribution in [0.5, 0.6) is 11.5 Å². The highest BCUT2D eigenvalue weighted by atomic mass is 32.2. The van der Waals surface area contributed by atoms with Gasteiger partial charge in [0.1, 0.15) is 11.5 Å². The number of hydrogen-bond donors (Lipinski definition) is 1. The van der Waals surface area contributed by atoms with Crippen LogP contribution in [0.2, 0.25) is 0 Å². The van der Waals surface area contributed by atoms with Crippen LogP contribution in [0.1, 0.15) is 15.9 Å². The Morgan fingerprint density at radius 3 is 2.48 bits per heavy atom. The molecule has 122 valence electrons. The monoisotopic (exact) mass is 331 g/mol. The lowest BCUT2D eigenvalue weighted by molar-refractivity contribution is 0.0953. The standard InChI is InChI=1S/C18H21NO3S/c1-13-4-7-15(8-5-13)23-11-10-19-18(20)16-12-14(21-2)6-9-17(16)22-3/h4-9,12H,10-11H2,1-3H3,(H,19,20). The summed E-state index contributed by atoms with van der Waals surface area (Å²) in [6, 6.07) is 13.5. The molecule has 0 radical (unpaired) electrons. The van der Waals surface area contributed by atoms with E-state index in [4.69, 9.17) is 9.47 Å². The third kappa shape index (κ3) is 4.93. The van der Waals surface area contributed by atoms with E-state index in [9.17, 15) is 4.79 Å². The average molecular weight is 331 g/mol. The van der Waals surface area contributed by atoms with Crippen LogP contribution in [0.25, 0.3) is 0 Å². The van der Waals surface area contributed by atoms with Gasteiger partial charge in [0, 0.05) is 17.2 Å². The average Bonchev–Trinajstić information content (AvgIpc) is 2.59. The number of thioether (sulfide) groups is 1. The van der Waals surface area contributed by atoms with Gasteiger partial charge in [0.2, 0.25) is 0 Å².